The summed E-state index contributed by atoms with van der Waals surface area (Å²) >= 11 is 0. The van der Waals surface area contributed by atoms with E-state index in [0.29, 0.717) is 36.0 Å². The van der Waals surface area contributed by atoms with Crippen molar-refractivity contribution in [2.24, 2.45) is 0 Å². The van der Waals surface area contributed by atoms with Crippen LogP contribution in [0.3, 0.4) is 0 Å². The topological polar surface area (TPSA) is 64.9 Å². The van der Waals surface area contributed by atoms with Gasteiger partial charge in [0.15, 0.2) is 11.5 Å². The lowest BCUT2D eigenvalue weighted by atomic mass is 10.2. The van der Waals surface area contributed by atoms with Gasteiger partial charge in [-0.25, -0.2) is 4.98 Å². The number of anilines is 1. The Labute approximate surface area is 159 Å². The van der Waals surface area contributed by atoms with Crippen molar-refractivity contribution in [1.82, 2.24) is 9.38 Å². The molecule has 2 aromatic heterocycles. The van der Waals surface area contributed by atoms with Crippen molar-refractivity contribution >= 4 is 17.2 Å². The van der Waals surface area contributed by atoms with Crippen molar-refractivity contribution in [2.45, 2.75) is 34.1 Å². The van der Waals surface area contributed by atoms with Crippen LogP contribution in [-0.2, 0) is 6.42 Å². The first-order chi connectivity index (χ1) is 13.1. The number of hydrogen-bond acceptors (Lipinski definition) is 4. The number of imidazole rings is 1. The minimum Gasteiger partial charge on any atom is -0.490 e. The van der Waals surface area contributed by atoms with E-state index >= 15 is 0 Å². The van der Waals surface area contributed by atoms with Crippen LogP contribution in [-0.4, -0.2) is 28.5 Å². The van der Waals surface area contributed by atoms with Gasteiger partial charge in [-0.15, -0.1) is 0 Å². The number of fused-ring (bicyclic) bond motifs is 1. The van der Waals surface area contributed by atoms with Crippen LogP contribution in [0.1, 0.15) is 42.5 Å². The maximum absolute atomic E-state index is 12.7. The molecule has 6 heteroatoms. The third kappa shape index (κ3) is 3.89. The lowest BCUT2D eigenvalue weighted by molar-refractivity contribution is 0.102. The van der Waals surface area contributed by atoms with Gasteiger partial charge in [-0.2, -0.15) is 0 Å². The van der Waals surface area contributed by atoms with E-state index in [2.05, 4.69) is 17.2 Å². The van der Waals surface area contributed by atoms with E-state index in [1.165, 1.54) is 0 Å². The van der Waals surface area contributed by atoms with E-state index in [1.54, 1.807) is 18.2 Å². The molecule has 2 heterocycles. The van der Waals surface area contributed by atoms with E-state index in [9.17, 15) is 4.79 Å². The molecular weight excluding hydrogens is 342 g/mol. The van der Waals surface area contributed by atoms with Gasteiger partial charge in [0.2, 0.25) is 0 Å². The van der Waals surface area contributed by atoms with E-state index in [1.807, 2.05) is 43.5 Å². The zero-order valence-corrected chi connectivity index (χ0v) is 16.2. The predicted molar refractivity (Wildman–Crippen MR) is 106 cm³/mol. The number of rotatable bonds is 7. The van der Waals surface area contributed by atoms with E-state index < -0.39 is 0 Å². The molecular formula is C21H25N3O3. The highest BCUT2D eigenvalue weighted by atomic mass is 16.5. The Morgan fingerprint density at radius 2 is 1.81 bits per heavy atom. The number of aromatic nitrogens is 2. The van der Waals surface area contributed by atoms with Gasteiger partial charge in [0.25, 0.3) is 5.91 Å². The zero-order chi connectivity index (χ0) is 19.4. The number of hydrogen-bond donors (Lipinski definition) is 1. The van der Waals surface area contributed by atoms with Crippen LogP contribution in [0.5, 0.6) is 11.5 Å². The van der Waals surface area contributed by atoms with E-state index in [-0.39, 0.29) is 5.91 Å². The molecule has 0 spiro atoms. The number of carbonyl (C=O) groups is 1. The normalized spacial score (nSPS) is 10.8. The second kappa shape index (κ2) is 8.12. The molecule has 0 radical (unpaired) electrons. The highest BCUT2D eigenvalue weighted by Crippen LogP contribution is 2.30. The van der Waals surface area contributed by atoms with Gasteiger partial charge >= 0.3 is 0 Å². The molecule has 0 aliphatic heterocycles. The van der Waals surface area contributed by atoms with Gasteiger partial charge in [0, 0.05) is 23.6 Å². The molecule has 1 N–H and O–H groups in total. The van der Waals surface area contributed by atoms with Crippen molar-refractivity contribution in [3.63, 3.8) is 0 Å². The van der Waals surface area contributed by atoms with Crippen LogP contribution in [0.25, 0.3) is 5.65 Å². The molecule has 0 saturated carbocycles. The Morgan fingerprint density at radius 3 is 2.52 bits per heavy atom. The summed E-state index contributed by atoms with van der Waals surface area (Å²) in [6.45, 7) is 8.99. The van der Waals surface area contributed by atoms with Crippen molar-refractivity contribution < 1.29 is 14.3 Å². The zero-order valence-electron chi connectivity index (χ0n) is 16.2. The van der Waals surface area contributed by atoms with Gasteiger partial charge in [-0.3, -0.25) is 4.79 Å². The third-order valence-corrected chi connectivity index (χ3v) is 4.35. The van der Waals surface area contributed by atoms with Crippen LogP contribution in [0.4, 0.5) is 5.69 Å². The fourth-order valence-electron chi connectivity index (χ4n) is 3.01. The number of amides is 1. The van der Waals surface area contributed by atoms with Gasteiger partial charge in [0.1, 0.15) is 5.65 Å². The number of nitrogens with one attached hydrogen (secondary N) is 1. The molecule has 1 aromatic carbocycles. The highest BCUT2D eigenvalue weighted by molar-refractivity contribution is 6.04. The van der Waals surface area contributed by atoms with Gasteiger partial charge in [0.05, 0.1) is 24.5 Å². The van der Waals surface area contributed by atoms with Gasteiger partial charge < -0.3 is 19.2 Å². The molecule has 3 rings (SSSR count). The fourth-order valence-corrected chi connectivity index (χ4v) is 3.01. The smallest absolute Gasteiger partial charge is 0.257 e. The molecule has 0 aliphatic rings. The minimum absolute atomic E-state index is 0.186. The maximum Gasteiger partial charge on any atom is 0.257 e. The van der Waals surface area contributed by atoms with Gasteiger partial charge in [-0.1, -0.05) is 6.92 Å². The summed E-state index contributed by atoms with van der Waals surface area (Å²) < 4.78 is 13.1. The number of aryl methyl sites for hydroxylation is 2. The lowest BCUT2D eigenvalue weighted by Gasteiger charge is -2.13. The molecule has 0 saturated heterocycles. The largest absolute Gasteiger partial charge is 0.490 e. The van der Waals surface area contributed by atoms with E-state index in [0.717, 1.165) is 23.5 Å². The molecule has 0 unspecified atom stereocenters. The Hall–Kier alpha value is -3.02. The minimum atomic E-state index is -0.186. The van der Waals surface area contributed by atoms with Crippen LogP contribution >= 0.6 is 0 Å². The maximum atomic E-state index is 12.7. The molecule has 0 fully saturated rings. The Bertz CT molecular complexity index is 963. The highest BCUT2D eigenvalue weighted by Gasteiger charge is 2.13. The van der Waals surface area contributed by atoms with Crippen LogP contribution < -0.4 is 14.8 Å². The first-order valence-corrected chi connectivity index (χ1v) is 9.25. The molecule has 3 aromatic rings. The monoisotopic (exact) mass is 367 g/mol. The molecule has 0 atom stereocenters. The standard InChI is InChI=1S/C21H25N3O3/c1-5-17-14(4)24-13-15(8-11-20(24)23-17)21(25)22-16-9-10-18(26-6-2)19(12-16)27-7-3/h8-13H,5-7H2,1-4H3,(H,22,25). The van der Waals surface area contributed by atoms with Crippen molar-refractivity contribution in [1.29, 1.82) is 0 Å². The van der Waals surface area contributed by atoms with Crippen molar-refractivity contribution in [3.05, 3.63) is 53.5 Å². The Morgan fingerprint density at radius 1 is 1.07 bits per heavy atom. The summed E-state index contributed by atoms with van der Waals surface area (Å²) in [7, 11) is 0. The summed E-state index contributed by atoms with van der Waals surface area (Å²) in [6, 6.07) is 9.05. The second-order valence-electron chi connectivity index (χ2n) is 6.13. The SMILES string of the molecule is CCOc1ccc(NC(=O)c2ccc3nc(CC)c(C)n3c2)cc1OCC. The Balaban J connectivity index is 1.85. The molecule has 27 heavy (non-hydrogen) atoms. The second-order valence-corrected chi connectivity index (χ2v) is 6.13. The third-order valence-electron chi connectivity index (χ3n) is 4.35. The summed E-state index contributed by atoms with van der Waals surface area (Å²) in [5, 5.41) is 2.92. The van der Waals surface area contributed by atoms with Crippen molar-refractivity contribution in [3.8, 4) is 11.5 Å². The number of benzene rings is 1. The summed E-state index contributed by atoms with van der Waals surface area (Å²) in [5.41, 5.74) is 4.17. The first-order valence-electron chi connectivity index (χ1n) is 9.25. The number of pyridine rings is 1. The first kappa shape index (κ1) is 18.8. The van der Waals surface area contributed by atoms with Crippen molar-refractivity contribution in [2.75, 3.05) is 18.5 Å². The average Bonchev–Trinajstić information content (AvgIpc) is 2.99. The fraction of sp³-hybridized carbons (Fsp3) is 0.333. The molecule has 0 bridgehead atoms. The molecule has 142 valence electrons. The van der Waals surface area contributed by atoms with Crippen LogP contribution in [0, 0.1) is 6.92 Å². The summed E-state index contributed by atoms with van der Waals surface area (Å²) in [5.74, 6) is 1.10. The number of carbonyl (C=O) groups excluding carboxylic acids is 1. The number of nitrogens with zero attached hydrogens (tertiary/aromatic N) is 2. The lowest BCUT2D eigenvalue weighted by Crippen LogP contribution is -2.13. The average molecular weight is 367 g/mol. The Kier molecular flexibility index (Phi) is 5.64. The predicted octanol–water partition coefficient (Wildman–Crippen LogP) is 4.25. The summed E-state index contributed by atoms with van der Waals surface area (Å²) in [6.07, 6.45) is 2.69. The van der Waals surface area contributed by atoms with E-state index in [4.69, 9.17) is 9.47 Å². The van der Waals surface area contributed by atoms with Gasteiger partial charge in [-0.05, 0) is 51.5 Å². The summed E-state index contributed by atoms with van der Waals surface area (Å²) in [4.78, 5) is 17.3. The quantitative estimate of drug-likeness (QED) is 0.678. The molecule has 1 amide bonds. The van der Waals surface area contributed by atoms with Crippen LogP contribution in [0.2, 0.25) is 0 Å². The van der Waals surface area contributed by atoms with Crippen LogP contribution in [0.15, 0.2) is 36.5 Å². The molecule has 0 aliphatic carbocycles. The number of ether oxygens (including phenoxy) is 2. The molecule has 6 nitrogen and oxygen atoms in total.